The van der Waals surface area contributed by atoms with Crippen molar-refractivity contribution in [1.29, 1.82) is 0 Å². The maximum atomic E-state index is 13.0. The Morgan fingerprint density at radius 3 is 2.55 bits per heavy atom. The number of carbonyl (C=O) groups is 1. The van der Waals surface area contributed by atoms with Gasteiger partial charge in [0.05, 0.1) is 6.10 Å². The number of rotatable bonds is 1. The molecule has 0 aromatic rings. The minimum Gasteiger partial charge on any atom is -0.389 e. The summed E-state index contributed by atoms with van der Waals surface area (Å²) in [6, 6.07) is 0. The van der Waals surface area contributed by atoms with Crippen LogP contribution in [-0.2, 0) is 4.79 Å². The Balaban J connectivity index is 2.09. The van der Waals surface area contributed by atoms with E-state index in [-0.39, 0.29) is 22.5 Å². The quantitative estimate of drug-likeness (QED) is 0.734. The molecule has 3 aliphatic rings. The fourth-order valence-electron chi connectivity index (χ4n) is 5.92. The highest BCUT2D eigenvalue weighted by molar-refractivity contribution is 6.02. The highest BCUT2D eigenvalue weighted by Crippen LogP contribution is 2.62. The molecule has 3 aliphatic carbocycles. The molecule has 2 fully saturated rings. The van der Waals surface area contributed by atoms with Crippen LogP contribution in [0.1, 0.15) is 59.8 Å². The Kier molecular flexibility index (Phi) is 3.49. The van der Waals surface area contributed by atoms with Gasteiger partial charge in [-0.3, -0.25) is 4.79 Å². The maximum Gasteiger partial charge on any atom is 0.168 e. The number of allylic oxidation sites excluding steroid dienone is 2. The van der Waals surface area contributed by atoms with Gasteiger partial charge in [0.1, 0.15) is 0 Å². The van der Waals surface area contributed by atoms with Crippen molar-refractivity contribution in [2.75, 3.05) is 0 Å². The third-order valence-corrected chi connectivity index (χ3v) is 7.14. The van der Waals surface area contributed by atoms with Crippen molar-refractivity contribution in [2.24, 2.45) is 28.1 Å². The minimum absolute atomic E-state index is 0.0450. The number of aliphatic hydroxyl groups is 1. The van der Waals surface area contributed by atoms with Crippen LogP contribution in [0.3, 0.4) is 0 Å². The van der Waals surface area contributed by atoms with Crippen molar-refractivity contribution < 1.29 is 9.90 Å². The molecule has 2 nitrogen and oxygen atoms in total. The first kappa shape index (κ1) is 16.0. The Labute approximate surface area is 134 Å². The van der Waals surface area contributed by atoms with E-state index in [4.69, 9.17) is 0 Å². The lowest BCUT2D eigenvalue weighted by Crippen LogP contribution is -2.56. The average molecular weight is 302 g/mol. The van der Waals surface area contributed by atoms with E-state index in [1.807, 2.05) is 13.0 Å². The fraction of sp³-hybridized carbons (Fsp3) is 0.750. The largest absolute Gasteiger partial charge is 0.389 e. The summed E-state index contributed by atoms with van der Waals surface area (Å²) in [6.07, 6.45) is 8.61. The van der Waals surface area contributed by atoms with Crippen molar-refractivity contribution in [2.45, 2.75) is 65.9 Å². The van der Waals surface area contributed by atoms with Gasteiger partial charge in [0.25, 0.3) is 0 Å². The number of ketones is 1. The van der Waals surface area contributed by atoms with Gasteiger partial charge < -0.3 is 5.11 Å². The monoisotopic (exact) mass is 302 g/mol. The third kappa shape index (κ3) is 1.99. The van der Waals surface area contributed by atoms with E-state index in [9.17, 15) is 9.90 Å². The first-order valence-corrected chi connectivity index (χ1v) is 8.74. The molecule has 1 N–H and O–H groups in total. The fourth-order valence-corrected chi connectivity index (χ4v) is 5.92. The van der Waals surface area contributed by atoms with Gasteiger partial charge in [-0.1, -0.05) is 33.3 Å². The molecule has 0 aliphatic heterocycles. The predicted molar refractivity (Wildman–Crippen MR) is 89.4 cm³/mol. The summed E-state index contributed by atoms with van der Waals surface area (Å²) >= 11 is 0. The van der Waals surface area contributed by atoms with Crippen molar-refractivity contribution >= 4 is 5.78 Å². The number of fused-ring (bicyclic) bond motifs is 3. The highest BCUT2D eigenvalue weighted by atomic mass is 16.3. The van der Waals surface area contributed by atoms with E-state index in [0.29, 0.717) is 5.92 Å². The van der Waals surface area contributed by atoms with Gasteiger partial charge >= 0.3 is 0 Å². The zero-order chi connectivity index (χ0) is 16.3. The van der Waals surface area contributed by atoms with Crippen molar-refractivity contribution in [3.05, 3.63) is 24.3 Å². The van der Waals surface area contributed by atoms with Gasteiger partial charge in [-0.2, -0.15) is 0 Å². The van der Waals surface area contributed by atoms with E-state index in [1.54, 1.807) is 6.08 Å². The van der Waals surface area contributed by atoms with Crippen LogP contribution in [0.4, 0.5) is 0 Å². The van der Waals surface area contributed by atoms with E-state index in [1.165, 1.54) is 12.8 Å². The van der Waals surface area contributed by atoms with Crippen molar-refractivity contribution in [3.63, 3.8) is 0 Å². The Bertz CT molecular complexity index is 544. The molecule has 0 saturated heterocycles. The van der Waals surface area contributed by atoms with E-state index in [0.717, 1.165) is 24.8 Å². The van der Waals surface area contributed by atoms with E-state index >= 15 is 0 Å². The summed E-state index contributed by atoms with van der Waals surface area (Å²) in [7, 11) is 0. The van der Waals surface area contributed by atoms with Crippen LogP contribution in [0.5, 0.6) is 0 Å². The maximum absolute atomic E-state index is 13.0. The number of Topliss-reactive ketones (excluding diaryl/α,β-unsaturated/α-hetero) is 1. The van der Waals surface area contributed by atoms with Crippen LogP contribution in [0.2, 0.25) is 0 Å². The molecule has 122 valence electrons. The molecule has 22 heavy (non-hydrogen) atoms. The normalized spacial score (nSPS) is 47.2. The molecule has 2 saturated carbocycles. The molecular weight excluding hydrogens is 272 g/mol. The highest BCUT2D eigenvalue weighted by Gasteiger charge is 2.58. The summed E-state index contributed by atoms with van der Waals surface area (Å²) in [5.41, 5.74) is 0.618. The topological polar surface area (TPSA) is 37.3 Å². The van der Waals surface area contributed by atoms with Crippen LogP contribution in [0.15, 0.2) is 24.3 Å². The van der Waals surface area contributed by atoms with Gasteiger partial charge in [0.2, 0.25) is 0 Å². The molecule has 0 heterocycles. The van der Waals surface area contributed by atoms with Crippen LogP contribution in [-0.4, -0.2) is 17.0 Å². The first-order chi connectivity index (χ1) is 10.2. The standard InChI is InChI=1S/C20H30O2/c1-6-19(4)11-8-14-13(17(19)22)12-15(21)16-18(2,3)9-7-10-20(14,16)5/h6,12,14-16,21H,1,7-11H2,2-5H3/t14-,15-,16-,19-,20+/m0/s1. The van der Waals surface area contributed by atoms with Crippen LogP contribution in [0, 0.1) is 28.1 Å². The minimum atomic E-state index is -0.498. The average Bonchev–Trinajstić information content (AvgIpc) is 2.42. The number of carbonyl (C=O) groups excluding carboxylic acids is 1. The number of aliphatic hydroxyl groups excluding tert-OH is 1. The lowest BCUT2D eigenvalue weighted by molar-refractivity contribution is -0.134. The smallest absolute Gasteiger partial charge is 0.168 e. The molecule has 0 spiro atoms. The Morgan fingerprint density at radius 1 is 1.23 bits per heavy atom. The lowest BCUT2D eigenvalue weighted by atomic mass is 9.45. The molecule has 0 aromatic carbocycles. The second-order valence-corrected chi connectivity index (χ2v) is 8.98. The Morgan fingerprint density at radius 2 is 1.91 bits per heavy atom. The summed E-state index contributed by atoms with van der Waals surface area (Å²) in [6.45, 7) is 12.8. The first-order valence-electron chi connectivity index (χ1n) is 8.74. The van der Waals surface area contributed by atoms with Crippen LogP contribution >= 0.6 is 0 Å². The van der Waals surface area contributed by atoms with Gasteiger partial charge in [-0.25, -0.2) is 0 Å². The molecule has 0 radical (unpaired) electrons. The summed E-state index contributed by atoms with van der Waals surface area (Å²) < 4.78 is 0. The molecular formula is C20H30O2. The SMILES string of the molecule is C=C[C@@]1(C)CC[C@H]2C(=C[C@H](O)[C@H]3C(C)(C)CCC[C@]23C)C1=O. The van der Waals surface area contributed by atoms with Crippen LogP contribution in [0.25, 0.3) is 0 Å². The van der Waals surface area contributed by atoms with Crippen molar-refractivity contribution in [1.82, 2.24) is 0 Å². The molecule has 0 unspecified atom stereocenters. The summed E-state index contributed by atoms with van der Waals surface area (Å²) in [4.78, 5) is 13.0. The number of hydrogen-bond donors (Lipinski definition) is 1. The number of hydrogen-bond acceptors (Lipinski definition) is 2. The van der Waals surface area contributed by atoms with Crippen molar-refractivity contribution in [3.8, 4) is 0 Å². The van der Waals surface area contributed by atoms with E-state index < -0.39 is 11.5 Å². The second kappa shape index (κ2) is 4.80. The molecule has 5 atom stereocenters. The predicted octanol–water partition coefficient (Wildman–Crippen LogP) is 4.29. The van der Waals surface area contributed by atoms with Crippen LogP contribution < -0.4 is 0 Å². The van der Waals surface area contributed by atoms with E-state index in [2.05, 4.69) is 27.4 Å². The summed E-state index contributed by atoms with van der Waals surface area (Å²) in [5.74, 6) is 0.755. The lowest BCUT2D eigenvalue weighted by Gasteiger charge is -2.60. The third-order valence-electron chi connectivity index (χ3n) is 7.14. The molecule has 2 heteroatoms. The van der Waals surface area contributed by atoms with Gasteiger partial charge in [0.15, 0.2) is 5.78 Å². The van der Waals surface area contributed by atoms with Gasteiger partial charge in [-0.15, -0.1) is 6.58 Å². The Hall–Kier alpha value is -0.890. The molecule has 0 bridgehead atoms. The second-order valence-electron chi connectivity index (χ2n) is 8.98. The molecule has 0 aromatic heterocycles. The zero-order valence-corrected chi connectivity index (χ0v) is 14.5. The summed E-state index contributed by atoms with van der Waals surface area (Å²) in [5, 5.41) is 10.9. The van der Waals surface area contributed by atoms with Gasteiger partial charge in [-0.05, 0) is 66.9 Å². The zero-order valence-electron chi connectivity index (χ0n) is 14.5. The molecule has 0 amide bonds. The molecule has 3 rings (SSSR count). The van der Waals surface area contributed by atoms with Gasteiger partial charge in [0, 0.05) is 5.41 Å².